The van der Waals surface area contributed by atoms with Crippen molar-refractivity contribution in [3.05, 3.63) is 34.2 Å². The Balaban J connectivity index is 2.90. The van der Waals surface area contributed by atoms with Crippen molar-refractivity contribution in [3.63, 3.8) is 0 Å². The van der Waals surface area contributed by atoms with Gasteiger partial charge in [-0.05, 0) is 35.0 Å². The number of rotatable bonds is 1. The van der Waals surface area contributed by atoms with Crippen LogP contribution >= 0.6 is 15.9 Å². The molecule has 0 N–H and O–H groups in total. The van der Waals surface area contributed by atoms with Crippen molar-refractivity contribution < 1.29 is 9.13 Å². The van der Waals surface area contributed by atoms with Crippen molar-refractivity contribution in [1.29, 1.82) is 0 Å². The molecule has 0 aliphatic rings. The van der Waals surface area contributed by atoms with Crippen LogP contribution in [0.15, 0.2) is 22.7 Å². The summed E-state index contributed by atoms with van der Waals surface area (Å²) in [7, 11) is 1.53. The second kappa shape index (κ2) is 3.77. The fourth-order valence-electron chi connectivity index (χ4n) is 1.50. The van der Waals surface area contributed by atoms with Crippen LogP contribution in [0.4, 0.5) is 4.39 Å². The second-order valence-electron chi connectivity index (χ2n) is 3.21. The maximum Gasteiger partial charge on any atom is 0.221 e. The van der Waals surface area contributed by atoms with E-state index in [-0.39, 0.29) is 5.82 Å². The van der Waals surface area contributed by atoms with Gasteiger partial charge in [-0.3, -0.25) is 0 Å². The van der Waals surface area contributed by atoms with Crippen LogP contribution in [0, 0.1) is 12.7 Å². The first-order chi connectivity index (χ1) is 7.13. The summed E-state index contributed by atoms with van der Waals surface area (Å²) in [5.41, 5.74) is 0.825. The zero-order chi connectivity index (χ0) is 11.0. The summed E-state index contributed by atoms with van der Waals surface area (Å²) in [5, 5.41) is 1.58. The van der Waals surface area contributed by atoms with E-state index < -0.39 is 0 Å². The largest absolute Gasteiger partial charge is 0.481 e. The van der Waals surface area contributed by atoms with Crippen LogP contribution in [0.1, 0.15) is 5.69 Å². The highest BCUT2D eigenvalue weighted by Gasteiger charge is 2.10. The molecule has 1 aromatic carbocycles. The van der Waals surface area contributed by atoms with E-state index in [1.165, 1.54) is 19.2 Å². The number of methoxy groups -OCH3 is 1. The van der Waals surface area contributed by atoms with Gasteiger partial charge in [-0.1, -0.05) is 6.07 Å². The third-order valence-electron chi connectivity index (χ3n) is 2.23. The number of hydrogen-bond acceptors (Lipinski definition) is 2. The number of hydrogen-bond donors (Lipinski definition) is 0. The fraction of sp³-hybridized carbons (Fsp3) is 0.182. The normalized spacial score (nSPS) is 10.7. The van der Waals surface area contributed by atoms with Crippen LogP contribution < -0.4 is 4.74 Å². The van der Waals surface area contributed by atoms with E-state index in [2.05, 4.69) is 20.9 Å². The van der Waals surface area contributed by atoms with Crippen molar-refractivity contribution in [1.82, 2.24) is 4.98 Å². The van der Waals surface area contributed by atoms with Crippen LogP contribution in [-0.4, -0.2) is 12.1 Å². The molecule has 2 aromatic rings. The molecular formula is C11H9BrFNO. The molecule has 0 spiro atoms. The number of benzene rings is 1. The van der Waals surface area contributed by atoms with Crippen molar-refractivity contribution in [2.24, 2.45) is 0 Å². The average molecular weight is 270 g/mol. The highest BCUT2D eigenvalue weighted by Crippen LogP contribution is 2.32. The van der Waals surface area contributed by atoms with Crippen LogP contribution in [0.25, 0.3) is 10.8 Å². The van der Waals surface area contributed by atoms with Crippen LogP contribution in [0.5, 0.6) is 5.88 Å². The Labute approximate surface area is 95.2 Å². The molecular weight excluding hydrogens is 261 g/mol. The van der Waals surface area contributed by atoms with Crippen LogP contribution in [0.2, 0.25) is 0 Å². The van der Waals surface area contributed by atoms with Gasteiger partial charge in [-0.2, -0.15) is 0 Å². The number of aromatic nitrogens is 1. The lowest BCUT2D eigenvalue weighted by molar-refractivity contribution is 0.402. The van der Waals surface area contributed by atoms with Gasteiger partial charge in [0.05, 0.1) is 12.8 Å². The Bertz CT molecular complexity index is 527. The predicted molar refractivity (Wildman–Crippen MR) is 60.7 cm³/mol. The highest BCUT2D eigenvalue weighted by molar-refractivity contribution is 9.10. The highest BCUT2D eigenvalue weighted by atomic mass is 79.9. The minimum atomic E-state index is -0.293. The van der Waals surface area contributed by atoms with Gasteiger partial charge >= 0.3 is 0 Å². The summed E-state index contributed by atoms with van der Waals surface area (Å²) in [6, 6.07) is 4.56. The summed E-state index contributed by atoms with van der Waals surface area (Å²) in [6.07, 6.45) is 0. The third-order valence-corrected chi connectivity index (χ3v) is 3.23. The first-order valence-corrected chi connectivity index (χ1v) is 5.22. The summed E-state index contributed by atoms with van der Waals surface area (Å²) in [5.74, 6) is 0.156. The zero-order valence-electron chi connectivity index (χ0n) is 8.34. The summed E-state index contributed by atoms with van der Waals surface area (Å²) >= 11 is 3.43. The van der Waals surface area contributed by atoms with E-state index in [1.807, 2.05) is 6.92 Å². The van der Waals surface area contributed by atoms with Gasteiger partial charge < -0.3 is 4.74 Å². The minimum Gasteiger partial charge on any atom is -0.481 e. The number of pyridine rings is 1. The number of ether oxygens (including phenoxy) is 1. The van der Waals surface area contributed by atoms with Crippen molar-refractivity contribution >= 4 is 26.7 Å². The van der Waals surface area contributed by atoms with E-state index in [9.17, 15) is 4.39 Å². The van der Waals surface area contributed by atoms with Gasteiger partial charge in [-0.25, -0.2) is 9.37 Å². The number of fused-ring (bicyclic) bond motifs is 1. The first kappa shape index (κ1) is 10.4. The standard InChI is InChI=1S/C11H9BrFNO/c1-6-10(12)8-4-3-7(13)5-9(8)11(14-6)15-2/h3-5H,1-2H3. The van der Waals surface area contributed by atoms with Crippen molar-refractivity contribution in [3.8, 4) is 5.88 Å². The van der Waals surface area contributed by atoms with Crippen LogP contribution in [0.3, 0.4) is 0 Å². The molecule has 0 amide bonds. The molecule has 0 aliphatic heterocycles. The molecule has 78 valence electrons. The van der Waals surface area contributed by atoms with E-state index in [0.29, 0.717) is 11.3 Å². The van der Waals surface area contributed by atoms with Gasteiger partial charge in [0, 0.05) is 15.2 Å². The predicted octanol–water partition coefficient (Wildman–Crippen LogP) is 3.45. The SMILES string of the molecule is COc1nc(C)c(Br)c2ccc(F)cc12. The smallest absolute Gasteiger partial charge is 0.221 e. The molecule has 0 saturated heterocycles. The number of nitrogens with zero attached hydrogens (tertiary/aromatic N) is 1. The van der Waals surface area contributed by atoms with Crippen molar-refractivity contribution in [2.45, 2.75) is 6.92 Å². The Kier molecular flexibility index (Phi) is 2.61. The summed E-state index contributed by atoms with van der Waals surface area (Å²) in [6.45, 7) is 1.87. The average Bonchev–Trinajstić information content (AvgIpc) is 2.23. The molecule has 0 radical (unpaired) electrons. The van der Waals surface area contributed by atoms with Gasteiger partial charge in [0.25, 0.3) is 0 Å². The lowest BCUT2D eigenvalue weighted by Gasteiger charge is -2.08. The molecule has 2 nitrogen and oxygen atoms in total. The molecule has 2 rings (SSSR count). The summed E-state index contributed by atoms with van der Waals surface area (Å²) in [4.78, 5) is 4.22. The third kappa shape index (κ3) is 1.69. The lowest BCUT2D eigenvalue weighted by atomic mass is 10.1. The molecule has 1 aromatic heterocycles. The first-order valence-electron chi connectivity index (χ1n) is 4.43. The quantitative estimate of drug-likeness (QED) is 0.791. The Hall–Kier alpha value is -1.16. The molecule has 0 fully saturated rings. The maximum atomic E-state index is 13.1. The molecule has 15 heavy (non-hydrogen) atoms. The zero-order valence-corrected chi connectivity index (χ0v) is 9.93. The minimum absolute atomic E-state index is 0.293. The van der Waals surface area contributed by atoms with E-state index >= 15 is 0 Å². The molecule has 0 bridgehead atoms. The van der Waals surface area contributed by atoms with Gasteiger partial charge in [0.15, 0.2) is 0 Å². The molecule has 4 heteroatoms. The number of halogens is 2. The maximum absolute atomic E-state index is 13.1. The van der Waals surface area contributed by atoms with E-state index in [1.54, 1.807) is 6.07 Å². The van der Waals surface area contributed by atoms with Gasteiger partial charge in [0.2, 0.25) is 5.88 Å². The topological polar surface area (TPSA) is 22.1 Å². The monoisotopic (exact) mass is 269 g/mol. The molecule has 1 heterocycles. The van der Waals surface area contributed by atoms with E-state index in [0.717, 1.165) is 15.6 Å². The summed E-state index contributed by atoms with van der Waals surface area (Å²) < 4.78 is 19.1. The fourth-order valence-corrected chi connectivity index (χ4v) is 1.93. The lowest BCUT2D eigenvalue weighted by Crippen LogP contribution is -1.94. The Morgan fingerprint density at radius 2 is 2.07 bits per heavy atom. The van der Waals surface area contributed by atoms with E-state index in [4.69, 9.17) is 4.74 Å². The molecule has 0 unspecified atom stereocenters. The van der Waals surface area contributed by atoms with Crippen molar-refractivity contribution in [2.75, 3.05) is 7.11 Å². The van der Waals surface area contributed by atoms with Gasteiger partial charge in [0.1, 0.15) is 5.82 Å². The molecule has 0 atom stereocenters. The second-order valence-corrected chi connectivity index (χ2v) is 4.00. The Morgan fingerprint density at radius 1 is 1.33 bits per heavy atom. The Morgan fingerprint density at radius 3 is 2.73 bits per heavy atom. The number of aryl methyl sites for hydroxylation is 1. The molecule has 0 aliphatic carbocycles. The van der Waals surface area contributed by atoms with Crippen LogP contribution in [-0.2, 0) is 0 Å². The molecule has 0 saturated carbocycles. The van der Waals surface area contributed by atoms with Gasteiger partial charge in [-0.15, -0.1) is 0 Å².